The molecule has 4 heteroatoms. The number of likely N-dealkylation sites (N-methyl/N-ethyl adjacent to an activating group) is 1. The van der Waals surface area contributed by atoms with Crippen LogP contribution in [0.4, 0.5) is 0 Å². The lowest BCUT2D eigenvalue weighted by molar-refractivity contribution is -0.125. The van der Waals surface area contributed by atoms with Crippen molar-refractivity contribution >= 4 is 5.91 Å². The molecule has 0 saturated heterocycles. The maximum Gasteiger partial charge on any atom is 0.246 e. The highest BCUT2D eigenvalue weighted by atomic mass is 16.5. The molecule has 1 aliphatic carbocycles. The van der Waals surface area contributed by atoms with E-state index in [4.69, 9.17) is 4.74 Å². The molecular weight excluding hydrogens is 216 g/mol. The van der Waals surface area contributed by atoms with Gasteiger partial charge in [-0.3, -0.25) is 4.79 Å². The number of carbonyl (C=O) groups is 1. The zero-order valence-corrected chi connectivity index (χ0v) is 11.4. The number of nitrogens with one attached hydrogen (secondary N) is 1. The van der Waals surface area contributed by atoms with Crippen molar-refractivity contribution < 1.29 is 9.53 Å². The van der Waals surface area contributed by atoms with Gasteiger partial charge in [0.25, 0.3) is 0 Å². The third-order valence-electron chi connectivity index (χ3n) is 3.87. The highest BCUT2D eigenvalue weighted by molar-refractivity contribution is 5.77. The first-order valence-electron chi connectivity index (χ1n) is 6.54. The van der Waals surface area contributed by atoms with Crippen molar-refractivity contribution in [2.24, 2.45) is 0 Å². The predicted octanol–water partition coefficient (Wildman–Crippen LogP) is 1.40. The summed E-state index contributed by atoms with van der Waals surface area (Å²) in [6.07, 6.45) is 7.51. The molecule has 0 unspecified atom stereocenters. The van der Waals surface area contributed by atoms with Crippen LogP contribution in [-0.2, 0) is 9.53 Å². The Hall–Kier alpha value is -0.610. The van der Waals surface area contributed by atoms with Crippen LogP contribution in [-0.4, -0.2) is 50.7 Å². The fourth-order valence-corrected chi connectivity index (χ4v) is 2.61. The number of nitrogens with zero attached hydrogens (tertiary/aromatic N) is 1. The minimum Gasteiger partial charge on any atom is -0.375 e. The molecule has 0 aromatic carbocycles. The minimum absolute atomic E-state index is 0.0158. The SMILES string of the molecule is COCC(=O)NCC1(N(C)C)CCCCCC1. The average Bonchev–Trinajstić information content (AvgIpc) is 2.53. The van der Waals surface area contributed by atoms with E-state index in [0.717, 1.165) is 6.54 Å². The molecule has 17 heavy (non-hydrogen) atoms. The summed E-state index contributed by atoms with van der Waals surface area (Å²) in [7, 11) is 5.79. The standard InChI is InChI=1S/C13H26N2O2/c1-15(2)13(8-6-4-5-7-9-13)11-14-12(16)10-17-3/h4-11H2,1-3H3,(H,14,16). The molecule has 0 spiro atoms. The molecule has 0 heterocycles. The molecule has 0 atom stereocenters. The van der Waals surface area contributed by atoms with Crippen LogP contribution in [0.25, 0.3) is 0 Å². The predicted molar refractivity (Wildman–Crippen MR) is 69.0 cm³/mol. The third-order valence-corrected chi connectivity index (χ3v) is 3.87. The maximum atomic E-state index is 11.5. The maximum absolute atomic E-state index is 11.5. The van der Waals surface area contributed by atoms with Crippen molar-refractivity contribution in [3.63, 3.8) is 0 Å². The molecule has 1 aliphatic rings. The Balaban J connectivity index is 2.54. The van der Waals surface area contributed by atoms with Crippen molar-refractivity contribution in [1.29, 1.82) is 0 Å². The first kappa shape index (κ1) is 14.5. The van der Waals surface area contributed by atoms with Crippen LogP contribution in [0.3, 0.4) is 0 Å². The van der Waals surface area contributed by atoms with Gasteiger partial charge in [-0.2, -0.15) is 0 Å². The Kier molecular flexibility index (Phi) is 5.92. The van der Waals surface area contributed by atoms with Crippen LogP contribution in [0.15, 0.2) is 0 Å². The van der Waals surface area contributed by atoms with Crippen LogP contribution in [0.2, 0.25) is 0 Å². The van der Waals surface area contributed by atoms with Crippen LogP contribution >= 0.6 is 0 Å². The Labute approximate surface area is 105 Å². The van der Waals surface area contributed by atoms with E-state index in [1.807, 2.05) is 0 Å². The molecule has 0 aromatic heterocycles. The van der Waals surface area contributed by atoms with Gasteiger partial charge in [-0.15, -0.1) is 0 Å². The zero-order valence-electron chi connectivity index (χ0n) is 11.4. The quantitative estimate of drug-likeness (QED) is 0.741. The third kappa shape index (κ3) is 4.28. The summed E-state index contributed by atoms with van der Waals surface area (Å²) in [5.74, 6) is -0.0158. The van der Waals surface area contributed by atoms with Crippen molar-refractivity contribution in [1.82, 2.24) is 10.2 Å². The van der Waals surface area contributed by atoms with E-state index in [1.165, 1.54) is 38.5 Å². The number of ether oxygens (including phenoxy) is 1. The van der Waals surface area contributed by atoms with E-state index in [9.17, 15) is 4.79 Å². The van der Waals surface area contributed by atoms with Gasteiger partial charge >= 0.3 is 0 Å². The van der Waals surface area contributed by atoms with Gasteiger partial charge in [0, 0.05) is 19.2 Å². The Bertz CT molecular complexity index is 234. The van der Waals surface area contributed by atoms with E-state index in [0.29, 0.717) is 0 Å². The monoisotopic (exact) mass is 242 g/mol. The van der Waals surface area contributed by atoms with Crippen LogP contribution in [0, 0.1) is 0 Å². The summed E-state index contributed by atoms with van der Waals surface area (Å²) < 4.78 is 4.84. The van der Waals surface area contributed by atoms with Crippen molar-refractivity contribution in [2.45, 2.75) is 44.1 Å². The van der Waals surface area contributed by atoms with Crippen LogP contribution in [0.5, 0.6) is 0 Å². The van der Waals surface area contributed by atoms with Gasteiger partial charge in [-0.05, 0) is 26.9 Å². The largest absolute Gasteiger partial charge is 0.375 e. The van der Waals surface area contributed by atoms with Gasteiger partial charge < -0.3 is 15.0 Å². The molecule has 0 radical (unpaired) electrons. The molecule has 1 amide bonds. The molecule has 100 valence electrons. The highest BCUT2D eigenvalue weighted by Gasteiger charge is 2.33. The number of hydrogen-bond donors (Lipinski definition) is 1. The molecule has 1 N–H and O–H groups in total. The fraction of sp³-hybridized carbons (Fsp3) is 0.923. The second-order valence-corrected chi connectivity index (χ2v) is 5.24. The zero-order chi connectivity index (χ0) is 12.7. The number of rotatable bonds is 5. The Morgan fingerprint density at radius 3 is 2.29 bits per heavy atom. The topological polar surface area (TPSA) is 41.6 Å². The number of carbonyl (C=O) groups excluding carboxylic acids is 1. The summed E-state index contributed by atoms with van der Waals surface area (Å²) in [5, 5.41) is 3.00. The number of methoxy groups -OCH3 is 1. The second kappa shape index (κ2) is 6.97. The summed E-state index contributed by atoms with van der Waals surface area (Å²) in [6, 6.07) is 0. The normalized spacial score (nSPS) is 20.0. The number of hydrogen-bond acceptors (Lipinski definition) is 3. The van der Waals surface area contributed by atoms with Gasteiger partial charge in [-0.1, -0.05) is 25.7 Å². The van der Waals surface area contributed by atoms with E-state index in [1.54, 1.807) is 7.11 Å². The lowest BCUT2D eigenvalue weighted by Crippen LogP contribution is -2.52. The Morgan fingerprint density at radius 1 is 1.24 bits per heavy atom. The summed E-state index contributed by atoms with van der Waals surface area (Å²) in [6.45, 7) is 0.895. The molecule has 0 aromatic rings. The minimum atomic E-state index is -0.0158. The van der Waals surface area contributed by atoms with Gasteiger partial charge in [0.2, 0.25) is 5.91 Å². The van der Waals surface area contributed by atoms with E-state index >= 15 is 0 Å². The first-order valence-corrected chi connectivity index (χ1v) is 6.54. The summed E-state index contributed by atoms with van der Waals surface area (Å²) in [4.78, 5) is 13.8. The van der Waals surface area contributed by atoms with Gasteiger partial charge in [0.1, 0.15) is 6.61 Å². The van der Waals surface area contributed by atoms with Gasteiger partial charge in [-0.25, -0.2) is 0 Å². The molecule has 1 saturated carbocycles. The van der Waals surface area contributed by atoms with Gasteiger partial charge in [0.15, 0.2) is 0 Å². The lowest BCUT2D eigenvalue weighted by atomic mass is 9.88. The van der Waals surface area contributed by atoms with Gasteiger partial charge in [0.05, 0.1) is 0 Å². The summed E-state index contributed by atoms with van der Waals surface area (Å²) in [5.41, 5.74) is 0.139. The molecule has 0 bridgehead atoms. The fourth-order valence-electron chi connectivity index (χ4n) is 2.61. The van der Waals surface area contributed by atoms with Crippen LogP contribution < -0.4 is 5.32 Å². The van der Waals surface area contributed by atoms with E-state index < -0.39 is 0 Å². The average molecular weight is 242 g/mol. The lowest BCUT2D eigenvalue weighted by Gasteiger charge is -2.39. The van der Waals surface area contributed by atoms with Crippen molar-refractivity contribution in [3.05, 3.63) is 0 Å². The smallest absolute Gasteiger partial charge is 0.246 e. The molecule has 1 fully saturated rings. The van der Waals surface area contributed by atoms with Crippen LogP contribution in [0.1, 0.15) is 38.5 Å². The van der Waals surface area contributed by atoms with Crippen molar-refractivity contribution in [3.8, 4) is 0 Å². The molecule has 0 aliphatic heterocycles. The molecule has 1 rings (SSSR count). The van der Waals surface area contributed by atoms with Crippen molar-refractivity contribution in [2.75, 3.05) is 34.4 Å². The van der Waals surface area contributed by atoms with E-state index in [-0.39, 0.29) is 18.1 Å². The highest BCUT2D eigenvalue weighted by Crippen LogP contribution is 2.30. The van der Waals surface area contributed by atoms with E-state index in [2.05, 4.69) is 24.3 Å². The number of amides is 1. The molecular formula is C13H26N2O2. The summed E-state index contributed by atoms with van der Waals surface area (Å²) >= 11 is 0. The second-order valence-electron chi connectivity index (χ2n) is 5.24. The Morgan fingerprint density at radius 2 is 1.82 bits per heavy atom. The molecule has 4 nitrogen and oxygen atoms in total. The first-order chi connectivity index (χ1) is 8.10.